The van der Waals surface area contributed by atoms with E-state index in [-0.39, 0.29) is 19.2 Å². The number of aryl methyl sites for hydroxylation is 1. The summed E-state index contributed by atoms with van der Waals surface area (Å²) in [6.45, 7) is 1.65. The van der Waals surface area contributed by atoms with Gasteiger partial charge in [0.1, 0.15) is 5.00 Å². The number of anilines is 1. The van der Waals surface area contributed by atoms with E-state index < -0.39 is 17.3 Å². The smallest absolute Gasteiger partial charge is 0.341 e. The van der Waals surface area contributed by atoms with E-state index >= 15 is 0 Å². The van der Waals surface area contributed by atoms with Gasteiger partial charge in [-0.15, -0.1) is 11.3 Å². The number of benzene rings is 1. The molecule has 0 atom stereocenters. The van der Waals surface area contributed by atoms with Gasteiger partial charge in [0, 0.05) is 4.88 Å². The molecular formula is C22H23NO5S. The van der Waals surface area contributed by atoms with Gasteiger partial charge in [0.2, 0.25) is 0 Å². The lowest BCUT2D eigenvalue weighted by Gasteiger charge is -2.14. The van der Waals surface area contributed by atoms with E-state index in [4.69, 9.17) is 9.47 Å². The third-order valence-corrected chi connectivity index (χ3v) is 6.66. The van der Waals surface area contributed by atoms with Crippen molar-refractivity contribution in [3.05, 3.63) is 51.9 Å². The Balaban J connectivity index is 1.41. The van der Waals surface area contributed by atoms with Gasteiger partial charge in [0.05, 0.1) is 17.6 Å². The molecule has 0 aliphatic heterocycles. The average molecular weight is 413 g/mol. The fourth-order valence-electron chi connectivity index (χ4n) is 3.84. The Kier molecular flexibility index (Phi) is 5.41. The van der Waals surface area contributed by atoms with Crippen molar-refractivity contribution in [1.29, 1.82) is 0 Å². The zero-order valence-electron chi connectivity index (χ0n) is 16.3. The number of carbonyl (C=O) groups is 3. The molecule has 1 amide bonds. The molecule has 0 unspecified atom stereocenters. The van der Waals surface area contributed by atoms with Gasteiger partial charge in [-0.2, -0.15) is 0 Å². The first kappa shape index (κ1) is 19.6. The lowest BCUT2D eigenvalue weighted by Crippen LogP contribution is -2.28. The molecule has 152 valence electrons. The van der Waals surface area contributed by atoms with Crippen LogP contribution in [0.2, 0.25) is 0 Å². The number of rotatable bonds is 7. The lowest BCUT2D eigenvalue weighted by molar-refractivity contribution is -0.150. The van der Waals surface area contributed by atoms with Crippen molar-refractivity contribution in [2.45, 2.75) is 44.4 Å². The van der Waals surface area contributed by atoms with Crippen LogP contribution in [0.4, 0.5) is 5.00 Å². The molecule has 1 aromatic heterocycles. The van der Waals surface area contributed by atoms with E-state index in [1.54, 1.807) is 6.92 Å². The standard InChI is InChI=1S/C22H23NO5S/c1-2-27-20(25)18-15-9-6-10-16(15)29-19(18)23-17(24)13-28-21(26)22(11-12-22)14-7-4-3-5-8-14/h3-5,7-8H,2,6,9-13H2,1H3,(H,23,24). The number of nitrogens with one attached hydrogen (secondary N) is 1. The zero-order valence-corrected chi connectivity index (χ0v) is 17.1. The highest BCUT2D eigenvalue weighted by atomic mass is 32.1. The summed E-state index contributed by atoms with van der Waals surface area (Å²) in [5.74, 6) is -1.24. The van der Waals surface area contributed by atoms with Gasteiger partial charge in [-0.05, 0) is 50.2 Å². The molecule has 6 nitrogen and oxygen atoms in total. The molecule has 0 saturated heterocycles. The van der Waals surface area contributed by atoms with Crippen molar-refractivity contribution < 1.29 is 23.9 Å². The largest absolute Gasteiger partial charge is 0.462 e. The van der Waals surface area contributed by atoms with Crippen molar-refractivity contribution in [1.82, 2.24) is 0 Å². The van der Waals surface area contributed by atoms with E-state index in [1.165, 1.54) is 11.3 Å². The molecular weight excluding hydrogens is 390 g/mol. The highest BCUT2D eigenvalue weighted by Crippen LogP contribution is 2.49. The molecule has 1 N–H and O–H groups in total. The number of hydrogen-bond acceptors (Lipinski definition) is 6. The van der Waals surface area contributed by atoms with Crippen LogP contribution < -0.4 is 5.32 Å². The Bertz CT molecular complexity index is 946. The zero-order chi connectivity index (χ0) is 20.4. The number of esters is 2. The number of carbonyl (C=O) groups excluding carboxylic acids is 3. The van der Waals surface area contributed by atoms with Crippen molar-refractivity contribution >= 4 is 34.2 Å². The Morgan fingerprint density at radius 2 is 1.86 bits per heavy atom. The SMILES string of the molecule is CCOC(=O)c1c(NC(=O)COC(=O)C2(c3ccccc3)CC2)sc2c1CCC2. The van der Waals surface area contributed by atoms with Crippen LogP contribution in [0.25, 0.3) is 0 Å². The van der Waals surface area contributed by atoms with Crippen LogP contribution in [-0.4, -0.2) is 31.1 Å². The minimum atomic E-state index is -0.623. The summed E-state index contributed by atoms with van der Waals surface area (Å²) in [6.07, 6.45) is 4.16. The third-order valence-electron chi connectivity index (χ3n) is 5.46. The Morgan fingerprint density at radius 3 is 2.55 bits per heavy atom. The lowest BCUT2D eigenvalue weighted by atomic mass is 9.96. The van der Waals surface area contributed by atoms with Crippen LogP contribution in [0.1, 0.15) is 52.5 Å². The summed E-state index contributed by atoms with van der Waals surface area (Å²) in [5, 5.41) is 3.23. The third kappa shape index (κ3) is 3.79. The quantitative estimate of drug-likeness (QED) is 0.701. The van der Waals surface area contributed by atoms with Gasteiger partial charge in [-0.25, -0.2) is 4.79 Å². The average Bonchev–Trinajstić information content (AvgIpc) is 3.30. The minimum absolute atomic E-state index is 0.274. The van der Waals surface area contributed by atoms with E-state index in [0.717, 1.165) is 48.1 Å². The van der Waals surface area contributed by atoms with Crippen molar-refractivity contribution in [2.75, 3.05) is 18.5 Å². The predicted octanol–water partition coefficient (Wildman–Crippen LogP) is 3.63. The maximum absolute atomic E-state index is 12.6. The van der Waals surface area contributed by atoms with Crippen molar-refractivity contribution in [3.63, 3.8) is 0 Å². The predicted molar refractivity (Wildman–Crippen MR) is 109 cm³/mol. The first-order valence-electron chi connectivity index (χ1n) is 9.89. The molecule has 1 heterocycles. The second-order valence-corrected chi connectivity index (χ2v) is 8.46. The molecule has 2 aromatic rings. The monoisotopic (exact) mass is 413 g/mol. The Labute approximate surface area is 173 Å². The van der Waals surface area contributed by atoms with Gasteiger partial charge in [-0.1, -0.05) is 30.3 Å². The summed E-state index contributed by atoms with van der Waals surface area (Å²) in [6, 6.07) is 9.50. The first-order valence-corrected chi connectivity index (χ1v) is 10.7. The van der Waals surface area contributed by atoms with Crippen molar-refractivity contribution in [3.8, 4) is 0 Å². The summed E-state index contributed by atoms with van der Waals surface area (Å²) in [7, 11) is 0. The number of fused-ring (bicyclic) bond motifs is 1. The van der Waals surface area contributed by atoms with E-state index in [2.05, 4.69) is 5.32 Å². The second kappa shape index (κ2) is 7.99. The summed E-state index contributed by atoms with van der Waals surface area (Å²) < 4.78 is 10.5. The summed E-state index contributed by atoms with van der Waals surface area (Å²) in [4.78, 5) is 38.5. The first-order chi connectivity index (χ1) is 14.0. The second-order valence-electron chi connectivity index (χ2n) is 7.35. The minimum Gasteiger partial charge on any atom is -0.462 e. The van der Waals surface area contributed by atoms with Crippen LogP contribution in [0.5, 0.6) is 0 Å². The van der Waals surface area contributed by atoms with E-state index in [9.17, 15) is 14.4 Å². The van der Waals surface area contributed by atoms with Gasteiger partial charge < -0.3 is 14.8 Å². The molecule has 1 saturated carbocycles. The molecule has 1 aromatic carbocycles. The number of amides is 1. The van der Waals surface area contributed by atoms with Crippen LogP contribution in [0.15, 0.2) is 30.3 Å². The highest BCUT2D eigenvalue weighted by molar-refractivity contribution is 7.17. The maximum Gasteiger partial charge on any atom is 0.341 e. The molecule has 7 heteroatoms. The van der Waals surface area contributed by atoms with Crippen molar-refractivity contribution in [2.24, 2.45) is 0 Å². The summed E-state index contributed by atoms with van der Waals surface area (Å²) in [5.41, 5.74) is 1.72. The van der Waals surface area contributed by atoms with Gasteiger partial charge >= 0.3 is 11.9 Å². The fourth-order valence-corrected chi connectivity index (χ4v) is 5.13. The fraction of sp³-hybridized carbons (Fsp3) is 0.409. The molecule has 0 radical (unpaired) electrons. The van der Waals surface area contributed by atoms with E-state index in [0.29, 0.717) is 10.6 Å². The summed E-state index contributed by atoms with van der Waals surface area (Å²) >= 11 is 1.41. The van der Waals surface area contributed by atoms with Gasteiger partial charge in [0.15, 0.2) is 6.61 Å². The van der Waals surface area contributed by atoms with Crippen LogP contribution in [0.3, 0.4) is 0 Å². The number of ether oxygens (including phenoxy) is 2. The van der Waals surface area contributed by atoms with Crippen LogP contribution in [-0.2, 0) is 37.3 Å². The van der Waals surface area contributed by atoms with Gasteiger partial charge in [-0.3, -0.25) is 9.59 Å². The molecule has 0 bridgehead atoms. The molecule has 2 aliphatic carbocycles. The molecule has 29 heavy (non-hydrogen) atoms. The van der Waals surface area contributed by atoms with E-state index in [1.807, 2.05) is 30.3 Å². The van der Waals surface area contributed by atoms with Crippen LogP contribution >= 0.6 is 11.3 Å². The maximum atomic E-state index is 12.6. The van der Waals surface area contributed by atoms with Gasteiger partial charge in [0.25, 0.3) is 5.91 Å². The molecule has 4 rings (SSSR count). The molecule has 1 fully saturated rings. The van der Waals surface area contributed by atoms with Crippen LogP contribution in [0, 0.1) is 0 Å². The topological polar surface area (TPSA) is 81.7 Å². The Morgan fingerprint density at radius 1 is 1.10 bits per heavy atom. The number of hydrogen-bond donors (Lipinski definition) is 1. The molecule has 2 aliphatic rings. The normalized spacial score (nSPS) is 16.0. The molecule has 0 spiro atoms. The number of thiophene rings is 1. The highest BCUT2D eigenvalue weighted by Gasteiger charge is 2.52. The Hall–Kier alpha value is -2.67.